The van der Waals surface area contributed by atoms with E-state index in [1.54, 1.807) is 0 Å². The van der Waals surface area contributed by atoms with E-state index in [1.165, 1.54) is 27.1 Å². The maximum Gasteiger partial charge on any atom is 0.0259 e. The number of benzene rings is 3. The fraction of sp³-hybridized carbons (Fsp3) is 0.0667. The lowest BCUT2D eigenvalue weighted by Crippen LogP contribution is -1.85. The van der Waals surface area contributed by atoms with Crippen molar-refractivity contribution < 1.29 is 0 Å². The molecule has 0 radical (unpaired) electrons. The van der Waals surface area contributed by atoms with Gasteiger partial charge in [0, 0.05) is 4.43 Å². The molecule has 0 atom stereocenters. The highest BCUT2D eigenvalue weighted by molar-refractivity contribution is 14.1. The van der Waals surface area contributed by atoms with Crippen LogP contribution in [0, 0.1) is 0 Å². The molecule has 0 saturated carbocycles. The van der Waals surface area contributed by atoms with Crippen LogP contribution >= 0.6 is 22.6 Å². The maximum absolute atomic E-state index is 2.45. The second kappa shape index (κ2) is 4.06. The Hall–Kier alpha value is -1.09. The Morgan fingerprint density at radius 2 is 1.25 bits per heavy atom. The van der Waals surface area contributed by atoms with Crippen molar-refractivity contribution in [2.24, 2.45) is 0 Å². The van der Waals surface area contributed by atoms with Gasteiger partial charge in [-0.2, -0.15) is 0 Å². The maximum atomic E-state index is 2.45. The van der Waals surface area contributed by atoms with E-state index < -0.39 is 0 Å². The molecule has 3 aromatic rings. The van der Waals surface area contributed by atoms with Crippen LogP contribution in [-0.2, 0) is 4.43 Å². The average Bonchev–Trinajstić information content (AvgIpc) is 2.36. The van der Waals surface area contributed by atoms with Crippen LogP contribution in [0.5, 0.6) is 0 Å². The van der Waals surface area contributed by atoms with Crippen molar-refractivity contribution in [3.8, 4) is 0 Å². The molecule has 0 saturated heterocycles. The van der Waals surface area contributed by atoms with Crippen molar-refractivity contribution in [3.63, 3.8) is 0 Å². The molecule has 78 valence electrons. The third-order valence-electron chi connectivity index (χ3n) is 3.02. The summed E-state index contributed by atoms with van der Waals surface area (Å²) in [6, 6.07) is 19.5. The summed E-state index contributed by atoms with van der Waals surface area (Å²) in [6.45, 7) is 0. The quantitative estimate of drug-likeness (QED) is 0.339. The van der Waals surface area contributed by atoms with E-state index in [9.17, 15) is 0 Å². The van der Waals surface area contributed by atoms with E-state index in [1.807, 2.05) is 0 Å². The molecule has 0 spiro atoms. The molecule has 3 aromatic carbocycles. The molecule has 1 heteroatoms. The van der Waals surface area contributed by atoms with Gasteiger partial charge in [-0.3, -0.25) is 0 Å². The third kappa shape index (κ3) is 1.50. The van der Waals surface area contributed by atoms with Gasteiger partial charge in [-0.1, -0.05) is 71.1 Å². The fourth-order valence-electron chi connectivity index (χ4n) is 2.25. The predicted octanol–water partition coefficient (Wildman–Crippen LogP) is 4.93. The molecule has 16 heavy (non-hydrogen) atoms. The zero-order valence-corrected chi connectivity index (χ0v) is 10.9. The smallest absolute Gasteiger partial charge is 0.0259 e. The van der Waals surface area contributed by atoms with Gasteiger partial charge in [-0.15, -0.1) is 0 Å². The van der Waals surface area contributed by atoms with Crippen LogP contribution in [0.2, 0.25) is 0 Å². The fourth-order valence-corrected chi connectivity index (χ4v) is 3.07. The standard InChI is InChI=1S/C15H11I/c16-10-15-13-7-3-1-5-11(13)9-12-6-2-4-8-14(12)15/h1-9H,10H2. The third-order valence-corrected chi connectivity index (χ3v) is 3.78. The minimum Gasteiger partial charge on any atom is -0.0811 e. The van der Waals surface area contributed by atoms with E-state index in [0.29, 0.717) is 0 Å². The summed E-state index contributed by atoms with van der Waals surface area (Å²) in [6.07, 6.45) is 0. The van der Waals surface area contributed by atoms with Crippen LogP contribution in [0.4, 0.5) is 0 Å². The number of alkyl halides is 1. The van der Waals surface area contributed by atoms with E-state index >= 15 is 0 Å². The number of fused-ring (bicyclic) bond motifs is 2. The van der Waals surface area contributed by atoms with Crippen molar-refractivity contribution in [3.05, 3.63) is 60.2 Å². The first-order valence-corrected chi connectivity index (χ1v) is 6.88. The van der Waals surface area contributed by atoms with Gasteiger partial charge in [0.15, 0.2) is 0 Å². The molecule has 0 aromatic heterocycles. The van der Waals surface area contributed by atoms with Crippen LogP contribution in [0.1, 0.15) is 5.56 Å². The molecule has 0 nitrogen and oxygen atoms in total. The van der Waals surface area contributed by atoms with Crippen molar-refractivity contribution in [2.45, 2.75) is 4.43 Å². The number of hydrogen-bond donors (Lipinski definition) is 0. The molecule has 3 rings (SSSR count). The first kappa shape index (κ1) is 10.1. The molecular weight excluding hydrogens is 307 g/mol. The minimum absolute atomic E-state index is 1.06. The summed E-state index contributed by atoms with van der Waals surface area (Å²) in [7, 11) is 0. The van der Waals surface area contributed by atoms with Gasteiger partial charge >= 0.3 is 0 Å². The van der Waals surface area contributed by atoms with Crippen molar-refractivity contribution in [1.29, 1.82) is 0 Å². The van der Waals surface area contributed by atoms with Gasteiger partial charge in [0.2, 0.25) is 0 Å². The van der Waals surface area contributed by atoms with Crippen molar-refractivity contribution in [2.75, 3.05) is 0 Å². The molecule has 0 aliphatic rings. The lowest BCUT2D eigenvalue weighted by molar-refractivity contribution is 1.56. The highest BCUT2D eigenvalue weighted by Crippen LogP contribution is 2.29. The normalized spacial score (nSPS) is 11.1. The number of rotatable bonds is 1. The summed E-state index contributed by atoms with van der Waals surface area (Å²) >= 11 is 2.45. The number of halogens is 1. The van der Waals surface area contributed by atoms with E-state index in [2.05, 4.69) is 77.2 Å². The number of hydrogen-bond acceptors (Lipinski definition) is 0. The Labute approximate surface area is 108 Å². The Morgan fingerprint density at radius 1 is 0.750 bits per heavy atom. The lowest BCUT2D eigenvalue weighted by Gasteiger charge is -2.08. The van der Waals surface area contributed by atoms with E-state index in [-0.39, 0.29) is 0 Å². The van der Waals surface area contributed by atoms with Crippen molar-refractivity contribution in [1.82, 2.24) is 0 Å². The van der Waals surface area contributed by atoms with E-state index in [0.717, 1.165) is 4.43 Å². The zero-order chi connectivity index (χ0) is 11.0. The SMILES string of the molecule is ICc1c2ccccc2cc2ccccc12. The molecule has 0 fully saturated rings. The second-order valence-electron chi connectivity index (χ2n) is 3.93. The summed E-state index contributed by atoms with van der Waals surface area (Å²) < 4.78 is 1.06. The molecule has 0 heterocycles. The Kier molecular flexibility index (Phi) is 2.56. The van der Waals surface area contributed by atoms with Crippen LogP contribution in [0.3, 0.4) is 0 Å². The Bertz CT molecular complexity index is 602. The highest BCUT2D eigenvalue weighted by Gasteiger charge is 2.04. The van der Waals surface area contributed by atoms with Crippen LogP contribution < -0.4 is 0 Å². The summed E-state index contributed by atoms with van der Waals surface area (Å²) in [4.78, 5) is 0. The molecule has 0 aliphatic carbocycles. The first-order chi connectivity index (χ1) is 7.90. The Balaban J connectivity index is 2.56. The van der Waals surface area contributed by atoms with Crippen LogP contribution in [0.15, 0.2) is 54.6 Å². The molecule has 0 aliphatic heterocycles. The summed E-state index contributed by atoms with van der Waals surface area (Å²) in [5.74, 6) is 0. The topological polar surface area (TPSA) is 0 Å². The molecule has 0 amide bonds. The monoisotopic (exact) mass is 318 g/mol. The molecule has 0 N–H and O–H groups in total. The zero-order valence-electron chi connectivity index (χ0n) is 8.78. The lowest BCUT2D eigenvalue weighted by atomic mass is 9.98. The van der Waals surface area contributed by atoms with Crippen molar-refractivity contribution >= 4 is 44.1 Å². The molecule has 0 bridgehead atoms. The molecule has 0 unspecified atom stereocenters. The average molecular weight is 318 g/mol. The first-order valence-electron chi connectivity index (χ1n) is 5.35. The Morgan fingerprint density at radius 3 is 1.75 bits per heavy atom. The highest BCUT2D eigenvalue weighted by atomic mass is 127. The van der Waals surface area contributed by atoms with Gasteiger partial charge in [-0.25, -0.2) is 0 Å². The van der Waals surface area contributed by atoms with Gasteiger partial charge in [-0.05, 0) is 33.2 Å². The predicted molar refractivity (Wildman–Crippen MR) is 79.2 cm³/mol. The largest absolute Gasteiger partial charge is 0.0811 e. The molecular formula is C15H11I. The van der Waals surface area contributed by atoms with Gasteiger partial charge < -0.3 is 0 Å². The van der Waals surface area contributed by atoms with Crippen LogP contribution in [-0.4, -0.2) is 0 Å². The van der Waals surface area contributed by atoms with Gasteiger partial charge in [0.1, 0.15) is 0 Å². The van der Waals surface area contributed by atoms with Gasteiger partial charge in [0.05, 0.1) is 0 Å². The summed E-state index contributed by atoms with van der Waals surface area (Å²) in [5, 5.41) is 5.45. The minimum atomic E-state index is 1.06. The van der Waals surface area contributed by atoms with Gasteiger partial charge in [0.25, 0.3) is 0 Å². The van der Waals surface area contributed by atoms with Crippen LogP contribution in [0.25, 0.3) is 21.5 Å². The summed E-state index contributed by atoms with van der Waals surface area (Å²) in [5.41, 5.74) is 1.45. The second-order valence-corrected chi connectivity index (χ2v) is 4.69. The van der Waals surface area contributed by atoms with E-state index in [4.69, 9.17) is 0 Å².